The Morgan fingerprint density at radius 1 is 1.29 bits per heavy atom. The van der Waals surface area contributed by atoms with Crippen LogP contribution in [0.3, 0.4) is 0 Å². The van der Waals surface area contributed by atoms with E-state index in [1.54, 1.807) is 0 Å². The second-order valence-electron chi connectivity index (χ2n) is 3.08. The van der Waals surface area contributed by atoms with Crippen LogP contribution < -0.4 is 10.5 Å². The van der Waals surface area contributed by atoms with Gasteiger partial charge >= 0.3 is 0 Å². The maximum atomic E-state index is 5.63. The highest BCUT2D eigenvalue weighted by atomic mass is 16.7. The molecule has 2 unspecified atom stereocenters. The predicted octanol–water partition coefficient (Wildman–Crippen LogP) is 2.12. The quantitative estimate of drug-likeness (QED) is 0.732. The van der Waals surface area contributed by atoms with Crippen molar-refractivity contribution in [2.24, 2.45) is 5.73 Å². The first-order valence-corrected chi connectivity index (χ1v) is 4.85. The third kappa shape index (κ3) is 3.77. The zero-order valence-corrected chi connectivity index (χ0v) is 8.64. The molecule has 1 rings (SSSR count). The maximum Gasteiger partial charge on any atom is 0.198 e. The lowest BCUT2D eigenvalue weighted by Crippen LogP contribution is -2.30. The van der Waals surface area contributed by atoms with Gasteiger partial charge in [0, 0.05) is 0 Å². The average Bonchev–Trinajstić information content (AvgIpc) is 2.19. The molecule has 2 atom stereocenters. The van der Waals surface area contributed by atoms with Crippen LogP contribution in [0.1, 0.15) is 20.3 Å². The molecule has 0 aliphatic heterocycles. The smallest absolute Gasteiger partial charge is 0.198 e. The van der Waals surface area contributed by atoms with E-state index in [9.17, 15) is 0 Å². The van der Waals surface area contributed by atoms with Gasteiger partial charge in [0.2, 0.25) is 0 Å². The highest BCUT2D eigenvalue weighted by Gasteiger charge is 2.07. The summed E-state index contributed by atoms with van der Waals surface area (Å²) in [4.78, 5) is 0. The van der Waals surface area contributed by atoms with E-state index in [1.165, 1.54) is 0 Å². The number of ether oxygens (including phenoxy) is 2. The Morgan fingerprint density at radius 3 is 2.50 bits per heavy atom. The van der Waals surface area contributed by atoms with E-state index in [2.05, 4.69) is 0 Å². The van der Waals surface area contributed by atoms with Crippen molar-refractivity contribution >= 4 is 0 Å². The van der Waals surface area contributed by atoms with Crippen LogP contribution in [-0.4, -0.2) is 12.5 Å². The Hall–Kier alpha value is -1.06. The van der Waals surface area contributed by atoms with Gasteiger partial charge in [0.25, 0.3) is 0 Å². The molecule has 0 fully saturated rings. The molecule has 0 amide bonds. The minimum atomic E-state index is -0.313. The van der Waals surface area contributed by atoms with Gasteiger partial charge in [0.1, 0.15) is 12.0 Å². The third-order valence-electron chi connectivity index (χ3n) is 1.81. The first-order valence-electron chi connectivity index (χ1n) is 4.85. The van der Waals surface area contributed by atoms with Crippen molar-refractivity contribution in [1.82, 2.24) is 0 Å². The van der Waals surface area contributed by atoms with Gasteiger partial charge in [0.05, 0.1) is 0 Å². The van der Waals surface area contributed by atoms with Crippen LogP contribution in [0.5, 0.6) is 5.75 Å². The van der Waals surface area contributed by atoms with Crippen LogP contribution in [0, 0.1) is 0 Å². The van der Waals surface area contributed by atoms with Crippen LogP contribution in [0.4, 0.5) is 0 Å². The Kier molecular flexibility index (Phi) is 4.43. The number of nitrogens with two attached hydrogens (primary N) is 1. The number of rotatable bonds is 5. The molecule has 2 N–H and O–H groups in total. The Morgan fingerprint density at radius 2 is 1.93 bits per heavy atom. The molecule has 78 valence electrons. The standard InChI is InChI=1S/C11H17NO2/c1-3-11(12)14-9(2)13-10-7-5-4-6-8-10/h4-9,11H,3,12H2,1-2H3. The summed E-state index contributed by atoms with van der Waals surface area (Å²) in [5.74, 6) is 0.795. The maximum absolute atomic E-state index is 5.63. The molecule has 1 aromatic carbocycles. The minimum Gasteiger partial charge on any atom is -0.465 e. The highest BCUT2D eigenvalue weighted by molar-refractivity contribution is 5.20. The van der Waals surface area contributed by atoms with E-state index in [-0.39, 0.29) is 12.5 Å². The van der Waals surface area contributed by atoms with Gasteiger partial charge < -0.3 is 15.2 Å². The summed E-state index contributed by atoms with van der Waals surface area (Å²) in [6.45, 7) is 3.81. The lowest BCUT2D eigenvalue weighted by Gasteiger charge is -2.18. The summed E-state index contributed by atoms with van der Waals surface area (Å²) in [6, 6.07) is 9.55. The normalized spacial score (nSPS) is 14.8. The lowest BCUT2D eigenvalue weighted by molar-refractivity contribution is -0.106. The van der Waals surface area contributed by atoms with E-state index in [0.717, 1.165) is 12.2 Å². The summed E-state index contributed by atoms with van der Waals surface area (Å²) >= 11 is 0. The molecule has 3 nitrogen and oxygen atoms in total. The van der Waals surface area contributed by atoms with Crippen molar-refractivity contribution < 1.29 is 9.47 Å². The zero-order chi connectivity index (χ0) is 10.4. The van der Waals surface area contributed by atoms with Crippen molar-refractivity contribution in [1.29, 1.82) is 0 Å². The first-order chi connectivity index (χ1) is 6.72. The van der Waals surface area contributed by atoms with Crippen molar-refractivity contribution in [2.45, 2.75) is 32.8 Å². The van der Waals surface area contributed by atoms with Gasteiger partial charge in [-0.3, -0.25) is 0 Å². The zero-order valence-electron chi connectivity index (χ0n) is 8.64. The Labute approximate surface area is 84.8 Å². The van der Waals surface area contributed by atoms with E-state index < -0.39 is 0 Å². The van der Waals surface area contributed by atoms with Gasteiger partial charge in [-0.2, -0.15) is 0 Å². The largest absolute Gasteiger partial charge is 0.465 e. The highest BCUT2D eigenvalue weighted by Crippen LogP contribution is 2.11. The fraction of sp³-hybridized carbons (Fsp3) is 0.455. The van der Waals surface area contributed by atoms with Gasteiger partial charge in [0.15, 0.2) is 6.29 Å². The van der Waals surface area contributed by atoms with Gasteiger partial charge in [-0.1, -0.05) is 25.1 Å². The molecule has 0 radical (unpaired) electrons. The molecule has 3 heteroatoms. The summed E-state index contributed by atoms with van der Waals surface area (Å²) < 4.78 is 10.8. The topological polar surface area (TPSA) is 44.5 Å². The van der Waals surface area contributed by atoms with E-state index >= 15 is 0 Å². The molecule has 0 aliphatic rings. The van der Waals surface area contributed by atoms with Gasteiger partial charge in [-0.15, -0.1) is 0 Å². The van der Waals surface area contributed by atoms with Crippen LogP contribution >= 0.6 is 0 Å². The van der Waals surface area contributed by atoms with Crippen molar-refractivity contribution in [2.75, 3.05) is 0 Å². The summed E-state index contributed by atoms with van der Waals surface area (Å²) in [5, 5.41) is 0. The van der Waals surface area contributed by atoms with Crippen LogP contribution in [0.25, 0.3) is 0 Å². The molecule has 1 aromatic rings. The van der Waals surface area contributed by atoms with Crippen molar-refractivity contribution in [3.63, 3.8) is 0 Å². The second-order valence-corrected chi connectivity index (χ2v) is 3.08. The van der Waals surface area contributed by atoms with Crippen molar-refractivity contribution in [3.05, 3.63) is 30.3 Å². The Bertz CT molecular complexity index is 251. The molecule has 0 aromatic heterocycles. The van der Waals surface area contributed by atoms with Crippen LogP contribution in [0.2, 0.25) is 0 Å². The van der Waals surface area contributed by atoms with Gasteiger partial charge in [-0.05, 0) is 25.5 Å². The molecule has 14 heavy (non-hydrogen) atoms. The minimum absolute atomic E-state index is 0.256. The van der Waals surface area contributed by atoms with Crippen LogP contribution in [-0.2, 0) is 4.74 Å². The van der Waals surface area contributed by atoms with E-state index in [1.807, 2.05) is 44.2 Å². The molecule has 0 spiro atoms. The van der Waals surface area contributed by atoms with Crippen molar-refractivity contribution in [3.8, 4) is 5.75 Å². The van der Waals surface area contributed by atoms with Gasteiger partial charge in [-0.25, -0.2) is 0 Å². The summed E-state index contributed by atoms with van der Waals surface area (Å²) in [7, 11) is 0. The average molecular weight is 195 g/mol. The number of benzene rings is 1. The summed E-state index contributed by atoms with van der Waals surface area (Å²) in [5.41, 5.74) is 5.63. The molecule has 0 aliphatic carbocycles. The lowest BCUT2D eigenvalue weighted by atomic mass is 10.3. The number of hydrogen-bond acceptors (Lipinski definition) is 3. The Balaban J connectivity index is 2.37. The molecule has 0 saturated carbocycles. The molecule has 0 heterocycles. The monoisotopic (exact) mass is 195 g/mol. The SMILES string of the molecule is CCC(N)OC(C)Oc1ccccc1. The number of para-hydroxylation sites is 1. The molecule has 0 saturated heterocycles. The number of hydrogen-bond donors (Lipinski definition) is 1. The molecular weight excluding hydrogens is 178 g/mol. The van der Waals surface area contributed by atoms with E-state index in [4.69, 9.17) is 15.2 Å². The third-order valence-corrected chi connectivity index (χ3v) is 1.81. The molecule has 0 bridgehead atoms. The predicted molar refractivity (Wildman–Crippen MR) is 55.9 cm³/mol. The first kappa shape index (κ1) is 11.0. The van der Waals surface area contributed by atoms with E-state index in [0.29, 0.717) is 0 Å². The second kappa shape index (κ2) is 5.62. The van der Waals surface area contributed by atoms with Crippen LogP contribution in [0.15, 0.2) is 30.3 Å². The fourth-order valence-corrected chi connectivity index (χ4v) is 1.06. The molecular formula is C11H17NO2. The fourth-order valence-electron chi connectivity index (χ4n) is 1.06. The summed E-state index contributed by atoms with van der Waals surface area (Å²) in [6.07, 6.45) is 0.212.